The summed E-state index contributed by atoms with van der Waals surface area (Å²) in [6, 6.07) is 33.5. The van der Waals surface area contributed by atoms with E-state index in [-0.39, 0.29) is 30.6 Å². The van der Waals surface area contributed by atoms with E-state index in [1.165, 1.54) is 0 Å². The Morgan fingerprint density at radius 1 is 0.741 bits per heavy atom. The summed E-state index contributed by atoms with van der Waals surface area (Å²) in [5, 5.41) is 15.5. The molecule has 0 bridgehead atoms. The summed E-state index contributed by atoms with van der Waals surface area (Å²) in [6.07, 6.45) is 6.45. The Balaban J connectivity index is 0.933. The van der Waals surface area contributed by atoms with Crippen molar-refractivity contribution in [1.82, 2.24) is 20.2 Å². The summed E-state index contributed by atoms with van der Waals surface area (Å²) in [7, 11) is 0. The van der Waals surface area contributed by atoms with Crippen LogP contribution in [0.15, 0.2) is 116 Å². The molecule has 0 saturated carbocycles. The topological polar surface area (TPSA) is 155 Å². The number of carbonyl (C=O) groups excluding carboxylic acids is 2. The van der Waals surface area contributed by atoms with Crippen molar-refractivity contribution in [2.24, 2.45) is 0 Å². The van der Waals surface area contributed by atoms with Crippen LogP contribution in [0, 0.1) is 0 Å². The van der Waals surface area contributed by atoms with Gasteiger partial charge in [0.05, 0.1) is 30.2 Å². The minimum atomic E-state index is -0.570. The fourth-order valence-corrected chi connectivity index (χ4v) is 7.49. The third-order valence-corrected chi connectivity index (χ3v) is 10.7. The van der Waals surface area contributed by atoms with E-state index >= 15 is 0 Å². The summed E-state index contributed by atoms with van der Waals surface area (Å²) in [6.45, 7) is 4.67. The normalized spacial score (nSPS) is 18.4. The molecule has 3 atom stereocenters. The van der Waals surface area contributed by atoms with Gasteiger partial charge in [-0.1, -0.05) is 79.2 Å². The van der Waals surface area contributed by atoms with Gasteiger partial charge < -0.3 is 35.8 Å². The summed E-state index contributed by atoms with van der Waals surface area (Å²) >= 11 is 0. The van der Waals surface area contributed by atoms with E-state index in [0.717, 1.165) is 78.5 Å². The number of rotatable bonds is 16. The van der Waals surface area contributed by atoms with Crippen molar-refractivity contribution in [3.05, 3.63) is 138 Å². The van der Waals surface area contributed by atoms with Crippen molar-refractivity contribution < 1.29 is 24.2 Å². The highest BCUT2D eigenvalue weighted by Crippen LogP contribution is 2.39. The summed E-state index contributed by atoms with van der Waals surface area (Å²) < 4.78 is 13.4. The molecule has 58 heavy (non-hydrogen) atoms. The van der Waals surface area contributed by atoms with E-state index in [1.807, 2.05) is 60.7 Å². The number of hydrogen-bond acceptors (Lipinski definition) is 10. The molecule has 3 heterocycles. The zero-order valence-electron chi connectivity index (χ0n) is 32.8. The number of amides is 2. The summed E-state index contributed by atoms with van der Waals surface area (Å²) in [5.41, 5.74) is 13.0. The van der Waals surface area contributed by atoms with Crippen LogP contribution in [0.25, 0.3) is 11.1 Å². The number of nitrogens with one attached hydrogen (secondary N) is 2. The molecule has 1 aromatic heterocycles. The molecule has 12 heteroatoms. The van der Waals surface area contributed by atoms with Gasteiger partial charge in [0.15, 0.2) is 6.29 Å². The lowest BCUT2D eigenvalue weighted by atomic mass is 9.98. The van der Waals surface area contributed by atoms with Crippen LogP contribution in [0.3, 0.4) is 0 Å². The second-order valence-corrected chi connectivity index (χ2v) is 15.0. The first-order valence-corrected chi connectivity index (χ1v) is 20.3. The minimum absolute atomic E-state index is 0.00388. The molecule has 2 amide bonds. The molecule has 5 aromatic rings. The Kier molecular flexibility index (Phi) is 14.1. The van der Waals surface area contributed by atoms with Gasteiger partial charge in [-0.3, -0.25) is 14.5 Å². The minimum Gasteiger partial charge on any atom is -0.397 e. The second kappa shape index (κ2) is 20.2. The van der Waals surface area contributed by atoms with Crippen molar-refractivity contribution in [1.29, 1.82) is 0 Å². The number of nitrogen functional groups attached to an aromatic ring is 1. The SMILES string of the molecule is Nc1ccccc1NC(=O)CCCCCC(=O)NCc1cccc(-c2cccc([C@H]3O[C@@H](CN4CCN(c5ncccn5)CC4)C[C@@H](c4ccc(CO)cc4)O3)c2)c1. The predicted octanol–water partition coefficient (Wildman–Crippen LogP) is 6.79. The molecule has 2 fully saturated rings. The number of aliphatic hydroxyl groups excluding tert-OH is 1. The fraction of sp³-hybridized carbons (Fsp3) is 0.348. The van der Waals surface area contributed by atoms with Gasteiger partial charge in [0.1, 0.15) is 0 Å². The molecule has 7 rings (SSSR count). The lowest BCUT2D eigenvalue weighted by Gasteiger charge is -2.40. The van der Waals surface area contributed by atoms with Gasteiger partial charge in [0.2, 0.25) is 17.8 Å². The molecular formula is C46H53N7O5. The van der Waals surface area contributed by atoms with Crippen molar-refractivity contribution in [2.45, 2.75) is 70.2 Å². The Morgan fingerprint density at radius 3 is 2.22 bits per heavy atom. The number of anilines is 3. The Morgan fingerprint density at radius 2 is 1.47 bits per heavy atom. The van der Waals surface area contributed by atoms with Gasteiger partial charge in [-0.2, -0.15) is 0 Å². The third-order valence-electron chi connectivity index (χ3n) is 10.7. The van der Waals surface area contributed by atoms with Crippen LogP contribution in [0.5, 0.6) is 0 Å². The molecular weight excluding hydrogens is 731 g/mol. The van der Waals surface area contributed by atoms with Crippen molar-refractivity contribution in [3.63, 3.8) is 0 Å². The van der Waals surface area contributed by atoms with E-state index in [9.17, 15) is 14.7 Å². The number of unbranched alkanes of at least 4 members (excludes halogenated alkanes) is 2. The highest BCUT2D eigenvalue weighted by molar-refractivity contribution is 5.93. The molecule has 4 aromatic carbocycles. The van der Waals surface area contributed by atoms with Crippen molar-refractivity contribution >= 4 is 29.1 Å². The number of piperazine rings is 1. The van der Waals surface area contributed by atoms with E-state index in [2.05, 4.69) is 60.7 Å². The van der Waals surface area contributed by atoms with Gasteiger partial charge in [-0.05, 0) is 71.0 Å². The van der Waals surface area contributed by atoms with E-state index in [0.29, 0.717) is 50.0 Å². The first kappa shape index (κ1) is 40.5. The van der Waals surface area contributed by atoms with Gasteiger partial charge in [0.25, 0.3) is 0 Å². The molecule has 2 aliphatic heterocycles. The lowest BCUT2D eigenvalue weighted by molar-refractivity contribution is -0.253. The lowest BCUT2D eigenvalue weighted by Crippen LogP contribution is -2.50. The largest absolute Gasteiger partial charge is 0.397 e. The zero-order chi connectivity index (χ0) is 40.1. The maximum atomic E-state index is 12.7. The molecule has 302 valence electrons. The molecule has 5 N–H and O–H groups in total. The van der Waals surface area contributed by atoms with Gasteiger partial charge in [-0.25, -0.2) is 9.97 Å². The highest BCUT2D eigenvalue weighted by Gasteiger charge is 2.34. The maximum Gasteiger partial charge on any atom is 0.225 e. The number of hydrogen-bond donors (Lipinski definition) is 4. The highest BCUT2D eigenvalue weighted by atomic mass is 16.7. The van der Waals surface area contributed by atoms with Crippen LogP contribution in [0.1, 0.15) is 73.2 Å². The van der Waals surface area contributed by atoms with Crippen LogP contribution in [-0.4, -0.2) is 70.6 Å². The number of aromatic nitrogens is 2. The van der Waals surface area contributed by atoms with Gasteiger partial charge in [-0.15, -0.1) is 0 Å². The van der Waals surface area contributed by atoms with Crippen molar-refractivity contribution in [2.75, 3.05) is 48.7 Å². The molecule has 0 aliphatic carbocycles. The van der Waals surface area contributed by atoms with Crippen LogP contribution in [0.4, 0.5) is 17.3 Å². The fourth-order valence-electron chi connectivity index (χ4n) is 7.49. The van der Waals surface area contributed by atoms with Crippen LogP contribution >= 0.6 is 0 Å². The van der Waals surface area contributed by atoms with Crippen LogP contribution in [-0.2, 0) is 32.2 Å². The van der Waals surface area contributed by atoms with E-state index < -0.39 is 6.29 Å². The first-order chi connectivity index (χ1) is 28.4. The number of carbonyl (C=O) groups is 2. The predicted molar refractivity (Wildman–Crippen MR) is 225 cm³/mol. The molecule has 0 spiro atoms. The smallest absolute Gasteiger partial charge is 0.225 e. The number of nitrogens with zero attached hydrogens (tertiary/aromatic N) is 4. The average molecular weight is 784 g/mol. The molecule has 0 unspecified atom stereocenters. The summed E-state index contributed by atoms with van der Waals surface area (Å²) in [5.74, 6) is 0.678. The summed E-state index contributed by atoms with van der Waals surface area (Å²) in [4.78, 5) is 38.5. The Bertz CT molecular complexity index is 2090. The van der Waals surface area contributed by atoms with Crippen molar-refractivity contribution in [3.8, 4) is 11.1 Å². The third kappa shape index (κ3) is 11.3. The average Bonchev–Trinajstić information content (AvgIpc) is 3.27. The van der Waals surface area contributed by atoms with Gasteiger partial charge >= 0.3 is 0 Å². The monoisotopic (exact) mass is 783 g/mol. The molecule has 0 radical (unpaired) electrons. The number of aliphatic hydroxyl groups is 1. The van der Waals surface area contributed by atoms with Crippen LogP contribution < -0.4 is 21.3 Å². The van der Waals surface area contributed by atoms with E-state index in [4.69, 9.17) is 15.2 Å². The standard InChI is InChI=1S/C46H53N7O5/c47-40-13-4-5-14-41(40)51-44(56)16-3-1-2-15-43(55)50-30-34-9-6-10-36(27-34)37-11-7-12-38(28-37)45-57-39(29-42(58-45)35-19-17-33(32-54)18-20-35)31-52-23-25-53(26-24-52)46-48-21-8-22-49-46/h4-14,17-22,27-28,39,42,45,54H,1-3,15-16,23-26,29-32,47H2,(H,50,55)(H,51,56)/t39-,42+,45+/m1/s1. The number of ether oxygens (including phenoxy) is 2. The molecule has 2 saturated heterocycles. The number of benzene rings is 4. The number of para-hydroxylation sites is 2. The molecule has 12 nitrogen and oxygen atoms in total. The molecule has 2 aliphatic rings. The second-order valence-electron chi connectivity index (χ2n) is 15.0. The van der Waals surface area contributed by atoms with Gasteiger partial charge in [0, 0.05) is 76.5 Å². The van der Waals surface area contributed by atoms with E-state index in [1.54, 1.807) is 24.5 Å². The first-order valence-electron chi connectivity index (χ1n) is 20.3. The quantitative estimate of drug-likeness (QED) is 0.0621. The Hall–Kier alpha value is -5.66. The zero-order valence-corrected chi connectivity index (χ0v) is 32.8. The maximum absolute atomic E-state index is 12.7. The Labute approximate surface area is 340 Å². The number of nitrogens with two attached hydrogens (primary N) is 1. The van der Waals surface area contributed by atoms with Crippen LogP contribution in [0.2, 0.25) is 0 Å².